The normalized spacial score (nSPS) is 12.3. The molecule has 1 aromatic heterocycles. The minimum absolute atomic E-state index is 0.0366. The Morgan fingerprint density at radius 1 is 1.04 bits per heavy atom. The third kappa shape index (κ3) is 4.47. The zero-order chi connectivity index (χ0) is 18.6. The fourth-order valence-electron chi connectivity index (χ4n) is 2.74. The number of esters is 1. The van der Waals surface area contributed by atoms with Gasteiger partial charge in [-0.05, 0) is 46.8 Å². The van der Waals surface area contributed by atoms with E-state index in [4.69, 9.17) is 4.74 Å². The maximum Gasteiger partial charge on any atom is 0.342 e. The summed E-state index contributed by atoms with van der Waals surface area (Å²) in [7, 11) is 0. The SMILES string of the molecule is CC(C)N(C(=O)[C@@H](C)OC(=O)c1cnn(-c2ccccc2)c1)C(C)C. The molecular weight excluding hydrogens is 318 g/mol. The van der Waals surface area contributed by atoms with Gasteiger partial charge in [0.2, 0.25) is 0 Å². The minimum Gasteiger partial charge on any atom is -0.449 e. The maximum absolute atomic E-state index is 12.5. The van der Waals surface area contributed by atoms with Crippen LogP contribution in [0.2, 0.25) is 0 Å². The first kappa shape index (κ1) is 18.7. The number of benzene rings is 1. The van der Waals surface area contributed by atoms with Crippen molar-refractivity contribution in [2.75, 3.05) is 0 Å². The van der Waals surface area contributed by atoms with Gasteiger partial charge in [-0.15, -0.1) is 0 Å². The molecule has 0 aliphatic rings. The molecular formula is C19H25N3O3. The Hall–Kier alpha value is -2.63. The average Bonchev–Trinajstić information content (AvgIpc) is 3.05. The van der Waals surface area contributed by atoms with Crippen LogP contribution in [-0.2, 0) is 9.53 Å². The molecule has 0 spiro atoms. The summed E-state index contributed by atoms with van der Waals surface area (Å²) in [5.74, 6) is -0.760. The number of carbonyl (C=O) groups excluding carboxylic acids is 2. The number of para-hydroxylation sites is 1. The predicted molar refractivity (Wildman–Crippen MR) is 95.6 cm³/mol. The van der Waals surface area contributed by atoms with Crippen LogP contribution in [0, 0.1) is 0 Å². The largest absolute Gasteiger partial charge is 0.449 e. The van der Waals surface area contributed by atoms with E-state index in [1.165, 1.54) is 6.20 Å². The second-order valence-electron chi connectivity index (χ2n) is 6.49. The van der Waals surface area contributed by atoms with Crippen molar-refractivity contribution >= 4 is 11.9 Å². The van der Waals surface area contributed by atoms with Crippen LogP contribution in [0.25, 0.3) is 5.69 Å². The highest BCUT2D eigenvalue weighted by molar-refractivity contribution is 5.92. The van der Waals surface area contributed by atoms with Gasteiger partial charge < -0.3 is 9.64 Å². The number of ether oxygens (including phenoxy) is 1. The minimum atomic E-state index is -0.850. The van der Waals surface area contributed by atoms with Gasteiger partial charge in [-0.25, -0.2) is 9.48 Å². The number of hydrogen-bond donors (Lipinski definition) is 0. The van der Waals surface area contributed by atoms with Gasteiger partial charge in [0, 0.05) is 18.3 Å². The zero-order valence-electron chi connectivity index (χ0n) is 15.3. The topological polar surface area (TPSA) is 64.4 Å². The van der Waals surface area contributed by atoms with Gasteiger partial charge in [0.25, 0.3) is 5.91 Å². The molecule has 1 aromatic carbocycles. The van der Waals surface area contributed by atoms with E-state index in [-0.39, 0.29) is 18.0 Å². The lowest BCUT2D eigenvalue weighted by atomic mass is 10.2. The van der Waals surface area contributed by atoms with Crippen LogP contribution in [0.4, 0.5) is 0 Å². The standard InChI is InChI=1S/C19H25N3O3/c1-13(2)22(14(3)4)18(23)15(5)25-19(24)16-11-20-21(12-16)17-9-7-6-8-10-17/h6-15H,1-5H3/t15-/m1/s1. The Kier molecular flexibility index (Phi) is 5.96. The summed E-state index contributed by atoms with van der Waals surface area (Å²) in [4.78, 5) is 26.6. The van der Waals surface area contributed by atoms with Gasteiger partial charge in [0.1, 0.15) is 0 Å². The third-order valence-corrected chi connectivity index (χ3v) is 3.84. The summed E-state index contributed by atoms with van der Waals surface area (Å²) in [6, 6.07) is 9.54. The Morgan fingerprint density at radius 3 is 2.20 bits per heavy atom. The quantitative estimate of drug-likeness (QED) is 0.756. The Balaban J connectivity index is 2.07. The summed E-state index contributed by atoms with van der Waals surface area (Å²) in [6.07, 6.45) is 2.18. The zero-order valence-corrected chi connectivity index (χ0v) is 15.3. The van der Waals surface area contributed by atoms with Crippen LogP contribution in [0.5, 0.6) is 0 Å². The molecule has 1 amide bonds. The van der Waals surface area contributed by atoms with E-state index in [0.717, 1.165) is 5.69 Å². The monoisotopic (exact) mass is 343 g/mol. The van der Waals surface area contributed by atoms with Gasteiger partial charge in [0.15, 0.2) is 6.10 Å². The summed E-state index contributed by atoms with van der Waals surface area (Å²) >= 11 is 0. The van der Waals surface area contributed by atoms with Crippen molar-refractivity contribution in [2.24, 2.45) is 0 Å². The van der Waals surface area contributed by atoms with E-state index >= 15 is 0 Å². The first-order chi connectivity index (χ1) is 11.8. The summed E-state index contributed by atoms with van der Waals surface area (Å²) < 4.78 is 6.94. The number of hydrogen-bond acceptors (Lipinski definition) is 4. The van der Waals surface area contributed by atoms with Crippen molar-refractivity contribution in [3.05, 3.63) is 48.3 Å². The number of aromatic nitrogens is 2. The van der Waals surface area contributed by atoms with E-state index in [9.17, 15) is 9.59 Å². The van der Waals surface area contributed by atoms with Crippen LogP contribution >= 0.6 is 0 Å². The van der Waals surface area contributed by atoms with Crippen molar-refractivity contribution in [2.45, 2.75) is 52.8 Å². The molecule has 25 heavy (non-hydrogen) atoms. The summed E-state index contributed by atoms with van der Waals surface area (Å²) in [5.41, 5.74) is 1.15. The lowest BCUT2D eigenvalue weighted by Gasteiger charge is -2.32. The highest BCUT2D eigenvalue weighted by Gasteiger charge is 2.28. The maximum atomic E-state index is 12.5. The first-order valence-electron chi connectivity index (χ1n) is 8.44. The van der Waals surface area contributed by atoms with Gasteiger partial charge in [-0.1, -0.05) is 18.2 Å². The van der Waals surface area contributed by atoms with Crippen LogP contribution in [0.3, 0.4) is 0 Å². The second kappa shape index (κ2) is 7.96. The van der Waals surface area contributed by atoms with Gasteiger partial charge in [0.05, 0.1) is 17.4 Å². The molecule has 2 aromatic rings. The molecule has 0 saturated carbocycles. The average molecular weight is 343 g/mol. The van der Waals surface area contributed by atoms with E-state index in [0.29, 0.717) is 5.56 Å². The van der Waals surface area contributed by atoms with E-state index in [1.54, 1.807) is 22.7 Å². The van der Waals surface area contributed by atoms with Gasteiger partial charge in [-0.3, -0.25) is 4.79 Å². The molecule has 0 fully saturated rings. The van der Waals surface area contributed by atoms with Crippen LogP contribution in [0.1, 0.15) is 45.0 Å². The number of carbonyl (C=O) groups is 2. The molecule has 0 unspecified atom stereocenters. The van der Waals surface area contributed by atoms with E-state index in [1.807, 2.05) is 58.0 Å². The molecule has 6 nitrogen and oxygen atoms in total. The molecule has 0 radical (unpaired) electrons. The predicted octanol–water partition coefficient (Wildman–Crippen LogP) is 3.06. The molecule has 0 bridgehead atoms. The molecule has 6 heteroatoms. The molecule has 0 aliphatic carbocycles. The number of amides is 1. The van der Waals surface area contributed by atoms with Crippen LogP contribution in [-0.4, -0.2) is 44.7 Å². The van der Waals surface area contributed by atoms with Crippen molar-refractivity contribution in [1.29, 1.82) is 0 Å². The fraction of sp³-hybridized carbons (Fsp3) is 0.421. The van der Waals surface area contributed by atoms with Crippen LogP contribution in [0.15, 0.2) is 42.7 Å². The van der Waals surface area contributed by atoms with Crippen LogP contribution < -0.4 is 0 Å². The smallest absolute Gasteiger partial charge is 0.342 e. The number of rotatable bonds is 6. The molecule has 0 saturated heterocycles. The molecule has 0 aliphatic heterocycles. The van der Waals surface area contributed by atoms with Crippen molar-refractivity contribution in [3.63, 3.8) is 0 Å². The van der Waals surface area contributed by atoms with Gasteiger partial charge >= 0.3 is 5.97 Å². The lowest BCUT2D eigenvalue weighted by molar-refractivity contribution is -0.143. The van der Waals surface area contributed by atoms with Crippen molar-refractivity contribution < 1.29 is 14.3 Å². The fourth-order valence-corrected chi connectivity index (χ4v) is 2.74. The first-order valence-corrected chi connectivity index (χ1v) is 8.44. The Morgan fingerprint density at radius 2 is 1.64 bits per heavy atom. The molecule has 1 heterocycles. The Bertz CT molecular complexity index is 715. The molecule has 1 atom stereocenters. The molecule has 2 rings (SSSR count). The highest BCUT2D eigenvalue weighted by Crippen LogP contribution is 2.13. The third-order valence-electron chi connectivity index (χ3n) is 3.84. The van der Waals surface area contributed by atoms with Crippen molar-refractivity contribution in [1.82, 2.24) is 14.7 Å². The second-order valence-corrected chi connectivity index (χ2v) is 6.49. The summed E-state index contributed by atoms with van der Waals surface area (Å²) in [6.45, 7) is 9.36. The molecule has 0 N–H and O–H groups in total. The lowest BCUT2D eigenvalue weighted by Crippen LogP contribution is -2.47. The molecule has 134 valence electrons. The van der Waals surface area contributed by atoms with E-state index < -0.39 is 12.1 Å². The summed E-state index contributed by atoms with van der Waals surface area (Å²) in [5, 5.41) is 4.17. The Labute approximate surface area is 148 Å². The highest BCUT2D eigenvalue weighted by atomic mass is 16.5. The van der Waals surface area contributed by atoms with Gasteiger partial charge in [-0.2, -0.15) is 5.10 Å². The van der Waals surface area contributed by atoms with E-state index in [2.05, 4.69) is 5.10 Å². The number of nitrogens with zero attached hydrogens (tertiary/aromatic N) is 3. The van der Waals surface area contributed by atoms with Crippen molar-refractivity contribution in [3.8, 4) is 5.69 Å².